The van der Waals surface area contributed by atoms with Gasteiger partial charge in [-0.05, 0) is 17.5 Å². The summed E-state index contributed by atoms with van der Waals surface area (Å²) in [6.45, 7) is 2.69. The summed E-state index contributed by atoms with van der Waals surface area (Å²) in [5, 5.41) is 0. The van der Waals surface area contributed by atoms with Gasteiger partial charge in [0.1, 0.15) is 0 Å². The molecule has 3 aromatic rings. The molecule has 0 spiro atoms. The first-order valence-corrected chi connectivity index (χ1v) is 15.9. The standard InChI is InChI=1S/C34H40F3N5O5.2ClH/c1-44-30-27(31(39-33(38-30)45-2)47-22-34(35,36)37)19-40-17-26-18-41(32(43)25-13-16-46-21-25)14-15-42(26)28(20-40)29(23-9-5-3-6-10-23)24-11-7-4-8-12-24;;/h3-12,25-26,28-29H,13-22H2,1-2H3;2*1H/t25?,26-,28?;;/m1../s1. The van der Waals surface area contributed by atoms with Crippen molar-refractivity contribution in [1.29, 1.82) is 0 Å². The van der Waals surface area contributed by atoms with Crippen molar-refractivity contribution in [2.75, 3.05) is 66.8 Å². The smallest absolute Gasteiger partial charge is 0.422 e. The van der Waals surface area contributed by atoms with Gasteiger partial charge in [-0.3, -0.25) is 14.6 Å². The minimum absolute atomic E-state index is 0. The minimum Gasteiger partial charge on any atom is -0.481 e. The Morgan fingerprint density at radius 2 is 1.57 bits per heavy atom. The molecule has 3 fully saturated rings. The molecule has 0 radical (unpaired) electrons. The molecule has 10 nitrogen and oxygen atoms in total. The second-order valence-electron chi connectivity index (χ2n) is 12.2. The number of aromatic nitrogens is 2. The lowest BCUT2D eigenvalue weighted by Crippen LogP contribution is -2.67. The van der Waals surface area contributed by atoms with E-state index in [4.69, 9.17) is 18.9 Å². The van der Waals surface area contributed by atoms with E-state index in [2.05, 4.69) is 44.0 Å². The van der Waals surface area contributed by atoms with Crippen LogP contribution in [0.3, 0.4) is 0 Å². The number of ether oxygens (including phenoxy) is 4. The second kappa shape index (κ2) is 17.0. The number of amides is 1. The molecule has 3 aliphatic rings. The molecule has 4 heterocycles. The van der Waals surface area contributed by atoms with E-state index in [1.54, 1.807) is 0 Å². The summed E-state index contributed by atoms with van der Waals surface area (Å²) >= 11 is 0. The Kier molecular flexibility index (Phi) is 13.4. The lowest BCUT2D eigenvalue weighted by atomic mass is 9.81. The highest BCUT2D eigenvalue weighted by molar-refractivity contribution is 5.85. The normalized spacial score (nSPS) is 21.3. The van der Waals surface area contributed by atoms with Crippen molar-refractivity contribution in [3.8, 4) is 17.8 Å². The molecule has 1 aromatic heterocycles. The lowest BCUT2D eigenvalue weighted by molar-refractivity contribution is -0.154. The maximum atomic E-state index is 13.5. The van der Waals surface area contributed by atoms with E-state index in [9.17, 15) is 18.0 Å². The Morgan fingerprint density at radius 1 is 0.918 bits per heavy atom. The number of hydrogen-bond donors (Lipinski definition) is 0. The maximum Gasteiger partial charge on any atom is 0.422 e. The van der Waals surface area contributed by atoms with Crippen LogP contribution in [0.5, 0.6) is 17.8 Å². The van der Waals surface area contributed by atoms with Gasteiger partial charge in [0.05, 0.1) is 32.3 Å². The molecule has 49 heavy (non-hydrogen) atoms. The minimum atomic E-state index is -4.57. The molecule has 3 atom stereocenters. The molecule has 0 aliphatic carbocycles. The Balaban J connectivity index is 0.00000270. The SMILES string of the molecule is COc1nc(OC)c(CN2CC(C(c3ccccc3)c3ccccc3)N3CCN(C(=O)C4CCOC4)C[C@H]3C2)c(OCC(F)(F)F)n1.Cl.Cl. The van der Waals surface area contributed by atoms with Crippen LogP contribution < -0.4 is 14.2 Å². The molecule has 6 rings (SSSR count). The zero-order valence-electron chi connectivity index (χ0n) is 27.4. The molecular formula is C34H42Cl2F3N5O5. The van der Waals surface area contributed by atoms with E-state index >= 15 is 0 Å². The van der Waals surface area contributed by atoms with Gasteiger partial charge in [-0.1, -0.05) is 60.7 Å². The zero-order chi connectivity index (χ0) is 33.0. The van der Waals surface area contributed by atoms with E-state index < -0.39 is 12.8 Å². The van der Waals surface area contributed by atoms with Gasteiger partial charge in [-0.25, -0.2) is 0 Å². The number of benzene rings is 2. The van der Waals surface area contributed by atoms with Gasteiger partial charge in [-0.2, -0.15) is 23.1 Å². The van der Waals surface area contributed by atoms with Crippen LogP contribution in [-0.2, 0) is 16.1 Å². The third-order valence-electron chi connectivity index (χ3n) is 9.20. The van der Waals surface area contributed by atoms with Crippen molar-refractivity contribution in [1.82, 2.24) is 24.7 Å². The number of piperazine rings is 2. The Hall–Kier alpha value is -3.36. The van der Waals surface area contributed by atoms with Gasteiger partial charge in [-0.15, -0.1) is 24.8 Å². The quantitative estimate of drug-likeness (QED) is 0.291. The number of nitrogens with zero attached hydrogens (tertiary/aromatic N) is 5. The van der Waals surface area contributed by atoms with Gasteiger partial charge in [0, 0.05) is 63.9 Å². The Labute approximate surface area is 296 Å². The molecule has 3 aliphatic heterocycles. The summed E-state index contributed by atoms with van der Waals surface area (Å²) < 4.78 is 61.2. The summed E-state index contributed by atoms with van der Waals surface area (Å²) in [6, 6.07) is 20.5. The van der Waals surface area contributed by atoms with Crippen molar-refractivity contribution >= 4 is 30.7 Å². The van der Waals surface area contributed by atoms with E-state index in [1.165, 1.54) is 14.2 Å². The first-order chi connectivity index (χ1) is 22.7. The predicted octanol–water partition coefficient (Wildman–Crippen LogP) is 4.84. The van der Waals surface area contributed by atoms with Crippen LogP contribution in [0.1, 0.15) is 29.0 Å². The third kappa shape index (κ3) is 9.06. The average molecular weight is 729 g/mol. The van der Waals surface area contributed by atoms with Gasteiger partial charge in [0.2, 0.25) is 17.7 Å². The molecule has 0 bridgehead atoms. The first kappa shape index (κ1) is 38.4. The van der Waals surface area contributed by atoms with Crippen molar-refractivity contribution in [2.45, 2.75) is 37.1 Å². The molecule has 1 amide bonds. The first-order valence-electron chi connectivity index (χ1n) is 15.9. The number of rotatable bonds is 10. The molecule has 0 N–H and O–H groups in total. The third-order valence-corrected chi connectivity index (χ3v) is 9.20. The second-order valence-corrected chi connectivity index (χ2v) is 12.2. The van der Waals surface area contributed by atoms with Gasteiger partial charge in [0.15, 0.2) is 6.61 Å². The molecule has 15 heteroatoms. The maximum absolute atomic E-state index is 13.5. The van der Waals surface area contributed by atoms with E-state index in [-0.39, 0.29) is 79.0 Å². The lowest BCUT2D eigenvalue weighted by Gasteiger charge is -2.53. The van der Waals surface area contributed by atoms with Crippen molar-refractivity contribution in [3.63, 3.8) is 0 Å². The van der Waals surface area contributed by atoms with Crippen LogP contribution in [0.25, 0.3) is 0 Å². The van der Waals surface area contributed by atoms with Crippen molar-refractivity contribution in [2.24, 2.45) is 5.92 Å². The fraction of sp³-hybridized carbons (Fsp3) is 0.500. The van der Waals surface area contributed by atoms with Crippen molar-refractivity contribution in [3.05, 3.63) is 77.4 Å². The highest BCUT2D eigenvalue weighted by atomic mass is 35.5. The zero-order valence-corrected chi connectivity index (χ0v) is 29.0. The van der Waals surface area contributed by atoms with Crippen LogP contribution >= 0.6 is 24.8 Å². The summed E-state index contributed by atoms with van der Waals surface area (Å²) in [7, 11) is 2.73. The molecule has 0 saturated carbocycles. The van der Waals surface area contributed by atoms with Gasteiger partial charge >= 0.3 is 12.2 Å². The topological polar surface area (TPSA) is 89.5 Å². The fourth-order valence-corrected chi connectivity index (χ4v) is 7.10. The highest BCUT2D eigenvalue weighted by Gasteiger charge is 2.44. The van der Waals surface area contributed by atoms with Crippen molar-refractivity contribution < 1.29 is 36.9 Å². The number of alkyl halides is 3. The van der Waals surface area contributed by atoms with Gasteiger partial charge < -0.3 is 23.8 Å². The molecule has 2 aromatic carbocycles. The number of fused-ring (bicyclic) bond motifs is 1. The van der Waals surface area contributed by atoms with Crippen LogP contribution in [0, 0.1) is 5.92 Å². The fourth-order valence-electron chi connectivity index (χ4n) is 7.10. The number of carbonyl (C=O) groups excluding carboxylic acids is 1. The summed E-state index contributed by atoms with van der Waals surface area (Å²) in [5.41, 5.74) is 2.61. The largest absolute Gasteiger partial charge is 0.481 e. The molecule has 2 unspecified atom stereocenters. The van der Waals surface area contributed by atoms with Crippen LogP contribution in [0.4, 0.5) is 13.2 Å². The van der Waals surface area contributed by atoms with E-state index in [0.717, 1.165) is 17.5 Å². The molecule has 3 saturated heterocycles. The van der Waals surface area contributed by atoms with Crippen LogP contribution in [-0.4, -0.2) is 116 Å². The number of carbonyl (C=O) groups is 1. The van der Waals surface area contributed by atoms with Crippen LogP contribution in [0.2, 0.25) is 0 Å². The molecular weight excluding hydrogens is 686 g/mol. The van der Waals surface area contributed by atoms with Gasteiger partial charge in [0.25, 0.3) is 0 Å². The number of hydrogen-bond acceptors (Lipinski definition) is 9. The Bertz CT molecular complexity index is 1470. The van der Waals surface area contributed by atoms with E-state index in [1.807, 2.05) is 41.3 Å². The summed E-state index contributed by atoms with van der Waals surface area (Å²) in [6.07, 6.45) is -3.85. The monoisotopic (exact) mass is 727 g/mol. The number of halogens is 5. The average Bonchev–Trinajstić information content (AvgIpc) is 3.63. The summed E-state index contributed by atoms with van der Waals surface area (Å²) in [5.74, 6) is -0.186. The summed E-state index contributed by atoms with van der Waals surface area (Å²) in [4.78, 5) is 28.6. The highest BCUT2D eigenvalue weighted by Crippen LogP contribution is 2.38. The predicted molar refractivity (Wildman–Crippen MR) is 181 cm³/mol. The Morgan fingerprint density at radius 3 is 2.14 bits per heavy atom. The molecule has 268 valence electrons. The number of methoxy groups -OCH3 is 2. The van der Waals surface area contributed by atoms with E-state index in [0.29, 0.717) is 51.5 Å². The van der Waals surface area contributed by atoms with Crippen LogP contribution in [0.15, 0.2) is 60.7 Å².